The number of hydrazine groups is 4. The summed E-state index contributed by atoms with van der Waals surface area (Å²) in [6.07, 6.45) is 21.4. The summed E-state index contributed by atoms with van der Waals surface area (Å²) in [7, 11) is 0. The van der Waals surface area contributed by atoms with Crippen molar-refractivity contribution in [2.24, 2.45) is 29.4 Å². The molecular formula is C78H123K2N10O7. The number of piperidine rings is 6. The Morgan fingerprint density at radius 2 is 0.825 bits per heavy atom. The fourth-order valence-corrected chi connectivity index (χ4v) is 11.9. The van der Waals surface area contributed by atoms with Crippen LogP contribution in [0.4, 0.5) is 0 Å². The number of nitrogens with zero attached hydrogens (tertiary/aromatic N) is 4. The van der Waals surface area contributed by atoms with E-state index in [9.17, 15) is 10.2 Å². The molecule has 19 heteroatoms. The van der Waals surface area contributed by atoms with Crippen molar-refractivity contribution in [1.29, 1.82) is 0 Å². The second-order valence-electron chi connectivity index (χ2n) is 25.2. The number of ether oxygens (including phenoxy) is 2. The number of aliphatic hydroxyl groups is 2. The van der Waals surface area contributed by atoms with Crippen LogP contribution in [-0.4, -0.2) is 198 Å². The molecule has 6 heterocycles. The Morgan fingerprint density at radius 3 is 1.22 bits per heavy atom. The molecule has 0 unspecified atom stereocenters. The van der Waals surface area contributed by atoms with E-state index in [1.807, 2.05) is 107 Å². The predicted octanol–water partition coefficient (Wildman–Crippen LogP) is 7.52. The van der Waals surface area contributed by atoms with Crippen molar-refractivity contribution in [3.63, 3.8) is 0 Å². The first-order chi connectivity index (χ1) is 45.4. The van der Waals surface area contributed by atoms with Gasteiger partial charge in [0, 0.05) is 123 Å². The summed E-state index contributed by atoms with van der Waals surface area (Å²) in [6.45, 7) is 16.8. The van der Waals surface area contributed by atoms with E-state index in [0.717, 1.165) is 140 Å². The predicted molar refractivity (Wildman–Crippen MR) is 395 cm³/mol. The summed E-state index contributed by atoms with van der Waals surface area (Å²) in [5.74, 6) is 20.5. The van der Waals surface area contributed by atoms with Crippen molar-refractivity contribution in [1.82, 2.24) is 36.1 Å². The van der Waals surface area contributed by atoms with Gasteiger partial charge in [0.15, 0.2) is 0 Å². The fourth-order valence-electron chi connectivity index (χ4n) is 11.9. The second-order valence-corrected chi connectivity index (χ2v) is 25.2. The van der Waals surface area contributed by atoms with Gasteiger partial charge in [0.1, 0.15) is 18.1 Å². The third-order valence-electron chi connectivity index (χ3n) is 17.3. The number of nitrogens with one attached hydrogen (secondary N) is 3. The van der Waals surface area contributed by atoms with Gasteiger partial charge in [-0.2, -0.15) is 0 Å². The molecule has 6 fully saturated rings. The largest absolute Gasteiger partial charge is 1.00 e. The topological polar surface area (TPSA) is 235 Å². The molecule has 0 amide bonds. The number of rotatable bonds is 17. The molecule has 0 aromatic heterocycles. The Kier molecular flexibility index (Phi) is 55.7. The zero-order valence-electron chi connectivity index (χ0n) is 58.1. The fraction of sp³-hybridized carbons (Fsp3) is 0.526. The van der Waals surface area contributed by atoms with E-state index < -0.39 is 11.2 Å². The SMILES string of the molecule is C.C.CCCOc1ccccc1.NN1CCC(Cc2ccccc2)CC1.NN1CCC(O)(Cc2ccccc2)CC1.NN1CCCCC1.O=CO[O-].OC1(Cc2ccccc2)CCNCC1.[K+].[K].c1ccc(CC2CCNCC2)cc1.c1ccc(OCCNN2CCCCC2)cc1. The Morgan fingerprint density at radius 1 is 0.485 bits per heavy atom. The summed E-state index contributed by atoms with van der Waals surface area (Å²) in [6, 6.07) is 61.8. The minimum atomic E-state index is -0.558. The molecule has 12 rings (SSSR count). The number of hydrogen-bond donors (Lipinski definition) is 8. The maximum Gasteiger partial charge on any atom is 1.00 e. The monoisotopic (exact) mass is 1390 g/mol. The molecule has 17 nitrogen and oxygen atoms in total. The minimum Gasteiger partial charge on any atom is -0.662 e. The number of hydrogen-bond acceptors (Lipinski definition) is 17. The summed E-state index contributed by atoms with van der Waals surface area (Å²) >= 11 is 0. The molecule has 6 aromatic rings. The van der Waals surface area contributed by atoms with Crippen LogP contribution in [0, 0.1) is 11.8 Å². The molecule has 6 aliphatic heterocycles. The van der Waals surface area contributed by atoms with Crippen molar-refractivity contribution in [2.45, 2.75) is 155 Å². The molecule has 0 atom stereocenters. The van der Waals surface area contributed by atoms with Gasteiger partial charge in [0.2, 0.25) is 0 Å². The van der Waals surface area contributed by atoms with Crippen LogP contribution < -0.4 is 99.7 Å². The average molecular weight is 1390 g/mol. The first-order valence-corrected chi connectivity index (χ1v) is 34.5. The third-order valence-corrected chi connectivity index (χ3v) is 17.3. The van der Waals surface area contributed by atoms with E-state index >= 15 is 0 Å². The van der Waals surface area contributed by atoms with E-state index in [0.29, 0.717) is 0 Å². The van der Waals surface area contributed by atoms with E-state index in [4.69, 9.17) is 37.1 Å². The van der Waals surface area contributed by atoms with Crippen LogP contribution in [0.25, 0.3) is 0 Å². The van der Waals surface area contributed by atoms with Crippen molar-refractivity contribution >= 4 is 57.9 Å². The molecule has 6 saturated heterocycles. The Balaban J connectivity index is 0.000000562. The average Bonchev–Trinajstić information content (AvgIpc) is 1.22. The Labute approximate surface area is 670 Å². The molecule has 0 spiro atoms. The van der Waals surface area contributed by atoms with E-state index in [-0.39, 0.29) is 124 Å². The normalized spacial score (nSPS) is 17.5. The number of benzene rings is 6. The van der Waals surface area contributed by atoms with Crippen molar-refractivity contribution in [3.8, 4) is 11.5 Å². The van der Waals surface area contributed by atoms with Crippen LogP contribution in [0.15, 0.2) is 182 Å². The molecule has 1 radical (unpaired) electrons. The molecule has 0 bridgehead atoms. The van der Waals surface area contributed by atoms with E-state index in [1.54, 1.807) is 5.01 Å². The molecule has 11 N–H and O–H groups in total. The first-order valence-electron chi connectivity index (χ1n) is 34.5. The zero-order valence-corrected chi connectivity index (χ0v) is 64.3. The van der Waals surface area contributed by atoms with Crippen LogP contribution in [-0.2, 0) is 35.4 Å². The van der Waals surface area contributed by atoms with Crippen molar-refractivity contribution < 1.29 is 86.0 Å². The Bertz CT molecular complexity index is 2670. The standard InChI is InChI=1S/C13H20N2O.C12H18N2O.C12H18N2.C12H17NO.C12H17N.C9H12O.C5H12N2.CH2O3.2CH4.2K/c1-3-7-13(8-4-1)16-12-9-14-15-10-5-2-6-11-15;13-14-8-6-12(15,7-9-14)10-11-4-2-1-3-5-11;13-14-8-6-12(7-9-14)10-11-4-2-1-3-5-11;14-12(6-8-13-9-7-12)10-11-4-2-1-3-5-11;1-2-4-11(5-3-1)10-12-6-8-13-9-7-12;1-2-8-10-9-6-4-3-5-7-9;6-7-4-2-1-3-5-7;2-1-4-3;;;;/h1,3-4,7-8,14H,2,5-6,9-12H2;1-5,15H,6-10,13H2;1-5,12H,6-10,13H2;1-5,13-14H,6-10H2;1-5,12-13H,6-10H2;3-7H,2,8H2,1H3;1-6H2;1,3H;2*1H4;;/q;;;;;;;;;;;+1/p-1. The van der Waals surface area contributed by atoms with Crippen LogP contribution in [0.1, 0.15) is 140 Å². The third kappa shape index (κ3) is 45.0. The summed E-state index contributed by atoms with van der Waals surface area (Å²) in [4.78, 5) is 11.2. The number of para-hydroxylation sites is 2. The molecular weight excluding hydrogens is 1270 g/mol. The number of nitrogens with two attached hydrogens (primary N) is 3. The summed E-state index contributed by atoms with van der Waals surface area (Å²) < 4.78 is 11.0. The van der Waals surface area contributed by atoms with Gasteiger partial charge in [-0.1, -0.05) is 192 Å². The summed E-state index contributed by atoms with van der Waals surface area (Å²) in [5.41, 5.74) is 7.75. The van der Waals surface area contributed by atoms with Gasteiger partial charge < -0.3 is 40.5 Å². The van der Waals surface area contributed by atoms with Crippen LogP contribution in [0.2, 0.25) is 0 Å². The Hall–Kier alpha value is -2.86. The van der Waals surface area contributed by atoms with E-state index in [1.165, 1.54) is 125 Å². The molecule has 6 aromatic carbocycles. The van der Waals surface area contributed by atoms with E-state index in [2.05, 4.69) is 118 Å². The second kappa shape index (κ2) is 58.6. The minimum absolute atomic E-state index is 0. The zero-order chi connectivity index (χ0) is 66.1. The van der Waals surface area contributed by atoms with Crippen LogP contribution in [0.5, 0.6) is 11.5 Å². The van der Waals surface area contributed by atoms with Gasteiger partial charge in [0.25, 0.3) is 6.47 Å². The molecule has 529 valence electrons. The van der Waals surface area contributed by atoms with Gasteiger partial charge in [-0.05, 0) is 181 Å². The van der Waals surface area contributed by atoms with Crippen LogP contribution >= 0.6 is 0 Å². The number of carbonyl (C=O) groups excluding carboxylic acids is 1. The smallest absolute Gasteiger partial charge is 0.662 e. The van der Waals surface area contributed by atoms with Crippen LogP contribution in [0.3, 0.4) is 0 Å². The van der Waals surface area contributed by atoms with Gasteiger partial charge in [0.05, 0.1) is 17.8 Å². The van der Waals surface area contributed by atoms with Gasteiger partial charge in [-0.15, -0.1) is 0 Å². The van der Waals surface area contributed by atoms with Gasteiger partial charge in [-0.25, -0.2) is 20.0 Å². The van der Waals surface area contributed by atoms with Gasteiger partial charge >= 0.3 is 51.4 Å². The van der Waals surface area contributed by atoms with Gasteiger partial charge in [-0.3, -0.25) is 27.7 Å². The summed E-state index contributed by atoms with van der Waals surface area (Å²) in [5, 5.41) is 43.6. The first kappa shape index (κ1) is 92.2. The quantitative estimate of drug-likeness (QED) is 0.0110. The van der Waals surface area contributed by atoms with Crippen molar-refractivity contribution in [3.05, 3.63) is 204 Å². The molecule has 0 aliphatic carbocycles. The molecule has 6 aliphatic rings. The number of carbonyl (C=O) groups is 1. The maximum atomic E-state index is 10.4. The molecule has 0 saturated carbocycles. The maximum absolute atomic E-state index is 10.4. The van der Waals surface area contributed by atoms with Crippen molar-refractivity contribution in [2.75, 3.05) is 98.3 Å². The molecule has 97 heavy (non-hydrogen) atoms.